The van der Waals surface area contributed by atoms with E-state index in [-0.39, 0.29) is 17.1 Å². The van der Waals surface area contributed by atoms with Crippen LogP contribution in [0.5, 0.6) is 0 Å². The van der Waals surface area contributed by atoms with Crippen molar-refractivity contribution in [1.29, 1.82) is 0 Å². The maximum atomic E-state index is 12.9. The zero-order valence-corrected chi connectivity index (χ0v) is 18.2. The van der Waals surface area contributed by atoms with E-state index in [9.17, 15) is 46.0 Å². The molecule has 3 aromatic rings. The van der Waals surface area contributed by atoms with Crippen molar-refractivity contribution in [3.63, 3.8) is 0 Å². The highest BCUT2D eigenvalue weighted by Gasteiger charge is 2.31. The van der Waals surface area contributed by atoms with Crippen molar-refractivity contribution in [3.8, 4) is 0 Å². The summed E-state index contributed by atoms with van der Waals surface area (Å²) in [6.45, 7) is 0. The first-order valence-corrected chi connectivity index (χ1v) is 10.0. The summed E-state index contributed by atoms with van der Waals surface area (Å²) in [5, 5.41) is 20.0. The first kappa shape index (κ1) is 26.8. The highest BCUT2D eigenvalue weighted by molar-refractivity contribution is 6.03. The lowest BCUT2D eigenvalue weighted by Crippen LogP contribution is -2.22. The number of amides is 4. The van der Waals surface area contributed by atoms with Crippen molar-refractivity contribution < 1.29 is 40.9 Å². The van der Waals surface area contributed by atoms with Gasteiger partial charge in [-0.3, -0.25) is 10.1 Å². The number of hydrogen-bond donors (Lipinski definition) is 4. The van der Waals surface area contributed by atoms with E-state index in [0.717, 1.165) is 42.5 Å². The van der Waals surface area contributed by atoms with E-state index in [1.54, 1.807) is 0 Å². The molecule has 0 saturated carbocycles. The number of anilines is 4. The van der Waals surface area contributed by atoms with Crippen LogP contribution < -0.4 is 21.3 Å². The van der Waals surface area contributed by atoms with Crippen LogP contribution >= 0.6 is 0 Å². The number of rotatable bonds is 5. The zero-order chi connectivity index (χ0) is 27.4. The molecule has 0 aliphatic heterocycles. The normalized spacial score (nSPS) is 11.4. The summed E-state index contributed by atoms with van der Waals surface area (Å²) in [6.07, 6.45) is -9.30. The molecule has 0 unspecified atom stereocenters. The zero-order valence-electron chi connectivity index (χ0n) is 18.2. The molecule has 0 aromatic heterocycles. The van der Waals surface area contributed by atoms with Crippen LogP contribution in [0.2, 0.25) is 0 Å². The molecule has 9 nitrogen and oxygen atoms in total. The molecular weight excluding hydrogens is 512 g/mol. The topological polar surface area (TPSA) is 125 Å². The van der Waals surface area contributed by atoms with E-state index in [0.29, 0.717) is 12.1 Å². The number of nitro benzene ring substituents is 1. The maximum absolute atomic E-state index is 12.9. The van der Waals surface area contributed by atoms with Crippen molar-refractivity contribution >= 4 is 40.5 Å². The van der Waals surface area contributed by atoms with Crippen LogP contribution in [0.1, 0.15) is 11.1 Å². The quantitative estimate of drug-likeness (QED) is 0.163. The molecule has 194 valence electrons. The molecule has 0 bridgehead atoms. The molecule has 37 heavy (non-hydrogen) atoms. The van der Waals surface area contributed by atoms with Gasteiger partial charge in [0.15, 0.2) is 0 Å². The predicted molar refractivity (Wildman–Crippen MR) is 121 cm³/mol. The summed E-state index contributed by atoms with van der Waals surface area (Å²) in [5.41, 5.74) is -3.59. The summed E-state index contributed by atoms with van der Waals surface area (Å²) in [5.74, 6) is 0. The van der Waals surface area contributed by atoms with Gasteiger partial charge in [0.05, 0.1) is 16.1 Å². The lowest BCUT2D eigenvalue weighted by atomic mass is 10.2. The Balaban J connectivity index is 1.74. The van der Waals surface area contributed by atoms with Crippen molar-refractivity contribution in [3.05, 3.63) is 88.0 Å². The van der Waals surface area contributed by atoms with Crippen LogP contribution in [-0.2, 0) is 12.4 Å². The van der Waals surface area contributed by atoms with Crippen LogP contribution in [-0.4, -0.2) is 17.0 Å². The van der Waals surface area contributed by atoms with E-state index in [1.807, 2.05) is 0 Å². The van der Waals surface area contributed by atoms with Crippen molar-refractivity contribution in [2.75, 3.05) is 21.3 Å². The van der Waals surface area contributed by atoms with Gasteiger partial charge in [0, 0.05) is 23.1 Å². The largest absolute Gasteiger partial charge is 0.416 e. The second-order valence-corrected chi connectivity index (χ2v) is 7.30. The third-order valence-electron chi connectivity index (χ3n) is 4.59. The number of hydrogen-bond acceptors (Lipinski definition) is 4. The van der Waals surface area contributed by atoms with Crippen molar-refractivity contribution in [2.24, 2.45) is 0 Å². The van der Waals surface area contributed by atoms with Gasteiger partial charge in [-0.05, 0) is 48.5 Å². The Labute approximate surface area is 203 Å². The molecule has 0 saturated heterocycles. The SMILES string of the molecule is O=C(Nc1cccc(C(F)(F)F)c1)Nc1ccc([N+](=O)[O-])c(NC(=O)Nc2cccc(C(F)(F)F)c2)c1. The van der Waals surface area contributed by atoms with E-state index >= 15 is 0 Å². The van der Waals surface area contributed by atoms with Gasteiger partial charge in [0.1, 0.15) is 5.69 Å². The number of carbonyl (C=O) groups excluding carboxylic acids is 2. The Morgan fingerprint density at radius 3 is 1.51 bits per heavy atom. The fraction of sp³-hybridized carbons (Fsp3) is 0.0909. The molecule has 15 heteroatoms. The molecule has 0 aliphatic carbocycles. The second kappa shape index (κ2) is 10.4. The fourth-order valence-electron chi connectivity index (χ4n) is 3.00. The molecular formula is C22H15F6N5O4. The molecule has 0 spiro atoms. The molecule has 0 fully saturated rings. The number of alkyl halides is 6. The molecule has 0 heterocycles. The smallest absolute Gasteiger partial charge is 0.308 e. The van der Waals surface area contributed by atoms with Crippen LogP contribution in [0.4, 0.5) is 64.4 Å². The first-order chi connectivity index (χ1) is 17.2. The van der Waals surface area contributed by atoms with E-state index in [4.69, 9.17) is 0 Å². The highest BCUT2D eigenvalue weighted by Crippen LogP contribution is 2.32. The van der Waals surface area contributed by atoms with Gasteiger partial charge >= 0.3 is 24.4 Å². The number of urea groups is 2. The standard InChI is InChI=1S/C22H15F6N5O4/c23-21(24,25)12-3-1-5-14(9-12)29-19(34)31-16-7-8-18(33(36)37)17(11-16)32-20(35)30-15-6-2-4-13(10-15)22(26,27)28/h1-11H,(H2,29,31,34)(H2,30,32,35). The summed E-state index contributed by atoms with van der Waals surface area (Å²) in [4.78, 5) is 35.0. The minimum absolute atomic E-state index is 0.0931. The number of halogens is 6. The average molecular weight is 527 g/mol. The summed E-state index contributed by atoms with van der Waals surface area (Å²) in [6, 6.07) is 8.34. The maximum Gasteiger partial charge on any atom is 0.416 e. The third-order valence-corrected chi connectivity index (χ3v) is 4.59. The minimum Gasteiger partial charge on any atom is -0.308 e. The Kier molecular flexibility index (Phi) is 7.55. The van der Waals surface area contributed by atoms with Crippen LogP contribution in [0.3, 0.4) is 0 Å². The van der Waals surface area contributed by atoms with Crippen LogP contribution in [0.25, 0.3) is 0 Å². The average Bonchev–Trinajstić information content (AvgIpc) is 2.78. The molecule has 0 aliphatic rings. The van der Waals surface area contributed by atoms with Gasteiger partial charge in [0.2, 0.25) is 0 Å². The lowest BCUT2D eigenvalue weighted by molar-refractivity contribution is -0.383. The van der Waals surface area contributed by atoms with Crippen LogP contribution in [0, 0.1) is 10.1 Å². The van der Waals surface area contributed by atoms with Gasteiger partial charge in [-0.1, -0.05) is 12.1 Å². The second-order valence-electron chi connectivity index (χ2n) is 7.30. The lowest BCUT2D eigenvalue weighted by Gasteiger charge is -2.13. The van der Waals surface area contributed by atoms with E-state index in [2.05, 4.69) is 21.3 Å². The van der Waals surface area contributed by atoms with Gasteiger partial charge in [-0.15, -0.1) is 0 Å². The highest BCUT2D eigenvalue weighted by atomic mass is 19.4. The van der Waals surface area contributed by atoms with Crippen molar-refractivity contribution in [1.82, 2.24) is 0 Å². The Morgan fingerprint density at radius 2 is 1.08 bits per heavy atom. The Bertz CT molecular complexity index is 1340. The van der Waals surface area contributed by atoms with Crippen molar-refractivity contribution in [2.45, 2.75) is 12.4 Å². The summed E-state index contributed by atoms with van der Waals surface area (Å²) in [7, 11) is 0. The van der Waals surface area contributed by atoms with Gasteiger partial charge in [0.25, 0.3) is 5.69 Å². The molecule has 3 aromatic carbocycles. The number of nitro groups is 1. The summed E-state index contributed by atoms with van der Waals surface area (Å²) < 4.78 is 77.1. The Hall–Kier alpha value is -4.82. The number of nitrogens with zero attached hydrogens (tertiary/aromatic N) is 1. The predicted octanol–water partition coefficient (Wildman–Crippen LogP) is 6.92. The minimum atomic E-state index is -4.67. The number of nitrogens with one attached hydrogen (secondary N) is 4. The van der Waals surface area contributed by atoms with Gasteiger partial charge in [-0.25, -0.2) is 9.59 Å². The van der Waals surface area contributed by atoms with Crippen LogP contribution in [0.15, 0.2) is 66.7 Å². The monoisotopic (exact) mass is 527 g/mol. The van der Waals surface area contributed by atoms with Gasteiger partial charge < -0.3 is 21.3 Å². The Morgan fingerprint density at radius 1 is 0.649 bits per heavy atom. The van der Waals surface area contributed by atoms with E-state index in [1.165, 1.54) is 12.1 Å². The molecule has 0 radical (unpaired) electrons. The fourth-order valence-corrected chi connectivity index (χ4v) is 3.00. The molecule has 4 amide bonds. The molecule has 4 N–H and O–H groups in total. The summed E-state index contributed by atoms with van der Waals surface area (Å²) >= 11 is 0. The van der Waals surface area contributed by atoms with E-state index < -0.39 is 51.8 Å². The third kappa shape index (κ3) is 7.33. The molecule has 3 rings (SSSR count). The first-order valence-electron chi connectivity index (χ1n) is 10.0. The number of carbonyl (C=O) groups is 2. The van der Waals surface area contributed by atoms with Gasteiger partial charge in [-0.2, -0.15) is 26.3 Å². The molecule has 0 atom stereocenters. The number of benzene rings is 3.